The first-order valence-electron chi connectivity index (χ1n) is 7.46. The third-order valence-corrected chi connectivity index (χ3v) is 3.92. The van der Waals surface area contributed by atoms with Gasteiger partial charge in [-0.15, -0.1) is 11.3 Å². The van der Waals surface area contributed by atoms with Crippen LogP contribution >= 0.6 is 11.3 Å². The Morgan fingerprint density at radius 2 is 1.95 bits per heavy atom. The van der Waals surface area contributed by atoms with Gasteiger partial charge in [0.1, 0.15) is 0 Å². The smallest absolute Gasteiger partial charge is 0.311 e. The van der Waals surface area contributed by atoms with Crippen LogP contribution in [-0.2, 0) is 20.7 Å². The average Bonchev–Trinajstić information content (AvgIpc) is 2.89. The molecule has 1 aromatic heterocycles. The summed E-state index contributed by atoms with van der Waals surface area (Å²) in [7, 11) is 1.35. The van der Waals surface area contributed by atoms with Crippen LogP contribution in [0.1, 0.15) is 57.6 Å². The van der Waals surface area contributed by atoms with Crippen molar-refractivity contribution in [1.82, 2.24) is 4.98 Å². The minimum atomic E-state index is -0.328. The molecule has 1 amide bonds. The Hall–Kier alpha value is -1.43. The van der Waals surface area contributed by atoms with Gasteiger partial charge in [-0.3, -0.25) is 9.59 Å². The zero-order chi connectivity index (χ0) is 15.5. The minimum Gasteiger partial charge on any atom is -0.469 e. The van der Waals surface area contributed by atoms with Gasteiger partial charge >= 0.3 is 5.97 Å². The maximum Gasteiger partial charge on any atom is 0.311 e. The van der Waals surface area contributed by atoms with E-state index in [0.29, 0.717) is 17.2 Å². The number of ether oxygens (including phenoxy) is 1. The summed E-state index contributed by atoms with van der Waals surface area (Å²) < 4.78 is 4.58. The van der Waals surface area contributed by atoms with Crippen molar-refractivity contribution < 1.29 is 14.3 Å². The van der Waals surface area contributed by atoms with E-state index in [1.165, 1.54) is 44.1 Å². The van der Waals surface area contributed by atoms with Crippen molar-refractivity contribution in [2.45, 2.75) is 58.3 Å². The van der Waals surface area contributed by atoms with Crippen LogP contribution in [0.5, 0.6) is 0 Å². The Morgan fingerprint density at radius 3 is 2.67 bits per heavy atom. The first kappa shape index (κ1) is 17.6. The third kappa shape index (κ3) is 7.80. The predicted molar refractivity (Wildman–Crippen MR) is 84.5 cm³/mol. The van der Waals surface area contributed by atoms with Crippen molar-refractivity contribution in [2.24, 2.45) is 0 Å². The van der Waals surface area contributed by atoms with Crippen molar-refractivity contribution in [3.63, 3.8) is 0 Å². The van der Waals surface area contributed by atoms with Crippen LogP contribution in [0.3, 0.4) is 0 Å². The molecule has 0 aliphatic carbocycles. The van der Waals surface area contributed by atoms with E-state index in [-0.39, 0.29) is 18.3 Å². The van der Waals surface area contributed by atoms with Crippen molar-refractivity contribution in [2.75, 3.05) is 12.4 Å². The van der Waals surface area contributed by atoms with Gasteiger partial charge in [-0.25, -0.2) is 4.98 Å². The first-order chi connectivity index (χ1) is 10.2. The predicted octanol–water partition coefficient (Wildman–Crippen LogP) is 3.55. The van der Waals surface area contributed by atoms with Crippen molar-refractivity contribution in [1.29, 1.82) is 0 Å². The van der Waals surface area contributed by atoms with Crippen LogP contribution in [-0.4, -0.2) is 24.0 Å². The van der Waals surface area contributed by atoms with Crippen LogP contribution in [0.2, 0.25) is 0 Å². The summed E-state index contributed by atoms with van der Waals surface area (Å²) >= 11 is 1.33. The van der Waals surface area contributed by atoms with E-state index in [1.807, 2.05) is 0 Å². The Balaban J connectivity index is 2.20. The summed E-state index contributed by atoms with van der Waals surface area (Å²) in [6, 6.07) is 0. The summed E-state index contributed by atoms with van der Waals surface area (Å²) in [5.74, 6) is -0.338. The molecular weight excluding hydrogens is 288 g/mol. The van der Waals surface area contributed by atoms with E-state index in [0.717, 1.165) is 12.8 Å². The van der Waals surface area contributed by atoms with Crippen LogP contribution in [0, 0.1) is 0 Å². The van der Waals surface area contributed by atoms with Crippen LogP contribution in [0.15, 0.2) is 5.38 Å². The highest BCUT2D eigenvalue weighted by atomic mass is 32.1. The van der Waals surface area contributed by atoms with Gasteiger partial charge in [0.25, 0.3) is 0 Å². The van der Waals surface area contributed by atoms with Crippen LogP contribution in [0.4, 0.5) is 5.13 Å². The number of amides is 1. The zero-order valence-electron chi connectivity index (χ0n) is 12.8. The quantitative estimate of drug-likeness (QED) is 0.530. The number of unbranched alkanes of at least 4 members (excludes halogenated alkanes) is 5. The summed E-state index contributed by atoms with van der Waals surface area (Å²) in [5, 5.41) is 5.08. The van der Waals surface area contributed by atoms with Gasteiger partial charge < -0.3 is 10.1 Å². The number of thiazole rings is 1. The van der Waals surface area contributed by atoms with Gasteiger partial charge in [-0.1, -0.05) is 39.0 Å². The minimum absolute atomic E-state index is 0.00976. The fraction of sp³-hybridized carbons (Fsp3) is 0.667. The summed E-state index contributed by atoms with van der Waals surface area (Å²) in [5.41, 5.74) is 0.627. The van der Waals surface area contributed by atoms with E-state index in [9.17, 15) is 9.59 Å². The number of rotatable bonds is 10. The first-order valence-corrected chi connectivity index (χ1v) is 8.34. The van der Waals surface area contributed by atoms with Gasteiger partial charge in [0.2, 0.25) is 5.91 Å². The van der Waals surface area contributed by atoms with Crippen LogP contribution in [0.25, 0.3) is 0 Å². The fourth-order valence-electron chi connectivity index (χ4n) is 1.91. The lowest BCUT2D eigenvalue weighted by molar-refractivity contribution is -0.139. The second kappa shape index (κ2) is 10.3. The SMILES string of the molecule is CCCCCCCCC(=O)Nc1nc(CC(=O)OC)cs1. The van der Waals surface area contributed by atoms with Crippen molar-refractivity contribution >= 4 is 28.3 Å². The van der Waals surface area contributed by atoms with Gasteiger partial charge in [-0.05, 0) is 6.42 Å². The molecule has 0 saturated heterocycles. The number of carbonyl (C=O) groups is 2. The number of nitrogens with zero attached hydrogens (tertiary/aromatic N) is 1. The molecule has 0 aliphatic heterocycles. The summed E-state index contributed by atoms with van der Waals surface area (Å²) in [6.07, 6.45) is 7.63. The highest BCUT2D eigenvalue weighted by Gasteiger charge is 2.09. The lowest BCUT2D eigenvalue weighted by atomic mass is 10.1. The zero-order valence-corrected chi connectivity index (χ0v) is 13.6. The van der Waals surface area contributed by atoms with Crippen molar-refractivity contribution in [3.05, 3.63) is 11.1 Å². The molecule has 1 rings (SSSR count). The molecule has 0 unspecified atom stereocenters. The molecule has 0 aromatic carbocycles. The van der Waals surface area contributed by atoms with E-state index < -0.39 is 0 Å². The molecule has 1 aromatic rings. The van der Waals surface area contributed by atoms with E-state index >= 15 is 0 Å². The summed E-state index contributed by atoms with van der Waals surface area (Å²) in [6.45, 7) is 2.19. The van der Waals surface area contributed by atoms with Gasteiger partial charge in [0.05, 0.1) is 19.2 Å². The molecule has 1 heterocycles. The molecule has 0 atom stereocenters. The molecule has 118 valence electrons. The Labute approximate surface area is 130 Å². The second-order valence-corrected chi connectivity index (χ2v) is 5.82. The van der Waals surface area contributed by atoms with Gasteiger partial charge in [0.15, 0.2) is 5.13 Å². The molecule has 0 spiro atoms. The largest absolute Gasteiger partial charge is 0.469 e. The Bertz CT molecular complexity index is 446. The van der Waals surface area contributed by atoms with Crippen LogP contribution < -0.4 is 5.32 Å². The van der Waals surface area contributed by atoms with Gasteiger partial charge in [-0.2, -0.15) is 0 Å². The molecule has 6 heteroatoms. The molecule has 0 radical (unpaired) electrons. The molecule has 21 heavy (non-hydrogen) atoms. The molecule has 0 fully saturated rings. The molecular formula is C15H24N2O3S. The van der Waals surface area contributed by atoms with E-state index in [1.54, 1.807) is 5.38 Å². The summed E-state index contributed by atoms with van der Waals surface area (Å²) in [4.78, 5) is 27.1. The Morgan fingerprint density at radius 1 is 1.24 bits per heavy atom. The number of nitrogens with one attached hydrogen (secondary N) is 1. The molecule has 1 N–H and O–H groups in total. The third-order valence-electron chi connectivity index (χ3n) is 3.11. The number of esters is 1. The topological polar surface area (TPSA) is 68.3 Å². The number of hydrogen-bond donors (Lipinski definition) is 1. The Kier molecular flexibility index (Phi) is 8.66. The van der Waals surface area contributed by atoms with Crippen molar-refractivity contribution in [3.8, 4) is 0 Å². The maximum absolute atomic E-state index is 11.8. The standard InChI is InChI=1S/C15H24N2O3S/c1-3-4-5-6-7-8-9-13(18)17-15-16-12(11-21-15)10-14(19)20-2/h11H,3-10H2,1-2H3,(H,16,17,18). The maximum atomic E-state index is 11.8. The molecule has 0 aliphatic rings. The molecule has 5 nitrogen and oxygen atoms in total. The van der Waals surface area contributed by atoms with E-state index in [2.05, 4.69) is 22.0 Å². The highest BCUT2D eigenvalue weighted by molar-refractivity contribution is 7.13. The monoisotopic (exact) mass is 312 g/mol. The number of anilines is 1. The number of hydrogen-bond acceptors (Lipinski definition) is 5. The number of aromatic nitrogens is 1. The fourth-order valence-corrected chi connectivity index (χ4v) is 2.64. The number of methoxy groups -OCH3 is 1. The normalized spacial score (nSPS) is 10.4. The number of carbonyl (C=O) groups excluding carboxylic acids is 2. The second-order valence-electron chi connectivity index (χ2n) is 4.96. The highest BCUT2D eigenvalue weighted by Crippen LogP contribution is 2.17. The van der Waals surface area contributed by atoms with Gasteiger partial charge in [0, 0.05) is 11.8 Å². The average molecular weight is 312 g/mol. The lowest BCUT2D eigenvalue weighted by Gasteiger charge is -2.02. The lowest BCUT2D eigenvalue weighted by Crippen LogP contribution is -2.11. The molecule has 0 saturated carbocycles. The van der Waals surface area contributed by atoms with E-state index in [4.69, 9.17) is 0 Å². The molecule has 0 bridgehead atoms.